The van der Waals surface area contributed by atoms with E-state index in [0.29, 0.717) is 15.6 Å². The van der Waals surface area contributed by atoms with E-state index in [9.17, 15) is 9.59 Å². The minimum atomic E-state index is -0.420. The number of hydrogen-bond acceptors (Lipinski definition) is 6. The van der Waals surface area contributed by atoms with Crippen molar-refractivity contribution in [3.8, 4) is 0 Å². The van der Waals surface area contributed by atoms with Crippen LogP contribution < -0.4 is 11.1 Å². The first kappa shape index (κ1) is 18.4. The van der Waals surface area contributed by atoms with Crippen LogP contribution in [0.4, 0.5) is 5.13 Å². The normalized spacial score (nSPS) is 10.5. The monoisotopic (exact) mass is 364 g/mol. The maximum absolute atomic E-state index is 12.4. The second kappa shape index (κ2) is 9.39. The predicted octanol–water partition coefficient (Wildman–Crippen LogP) is 3.10. The third-order valence-electron chi connectivity index (χ3n) is 3.18. The molecule has 1 aromatic carbocycles. The summed E-state index contributed by atoms with van der Waals surface area (Å²) in [5, 5.41) is 12.3. The molecule has 2 rings (SSSR count). The van der Waals surface area contributed by atoms with Crippen molar-refractivity contribution in [2.24, 2.45) is 5.73 Å². The SMILES string of the molecule is CCCCCc1nnc(NC(=O)c2ccccc2SCC(N)=O)s1. The number of rotatable bonds is 9. The van der Waals surface area contributed by atoms with E-state index < -0.39 is 5.91 Å². The second-order valence-electron chi connectivity index (χ2n) is 5.16. The average Bonchev–Trinajstić information content (AvgIpc) is 3.00. The number of aryl methyl sites for hydroxylation is 1. The summed E-state index contributed by atoms with van der Waals surface area (Å²) in [6.07, 6.45) is 4.27. The molecule has 0 atom stereocenters. The highest BCUT2D eigenvalue weighted by molar-refractivity contribution is 8.00. The lowest BCUT2D eigenvalue weighted by molar-refractivity contribution is -0.115. The van der Waals surface area contributed by atoms with Crippen molar-refractivity contribution in [3.63, 3.8) is 0 Å². The Morgan fingerprint density at radius 2 is 2.04 bits per heavy atom. The van der Waals surface area contributed by atoms with Gasteiger partial charge in [-0.1, -0.05) is 43.2 Å². The Labute approximate surface area is 149 Å². The maximum atomic E-state index is 12.4. The molecule has 0 bridgehead atoms. The number of aromatic nitrogens is 2. The lowest BCUT2D eigenvalue weighted by Crippen LogP contribution is -2.15. The minimum Gasteiger partial charge on any atom is -0.369 e. The Balaban J connectivity index is 2.00. The van der Waals surface area contributed by atoms with Gasteiger partial charge in [0.15, 0.2) is 0 Å². The van der Waals surface area contributed by atoms with Crippen molar-refractivity contribution in [2.75, 3.05) is 11.1 Å². The summed E-state index contributed by atoms with van der Waals surface area (Å²) >= 11 is 2.64. The quantitative estimate of drug-likeness (QED) is 0.526. The number of carbonyl (C=O) groups excluding carboxylic acids is 2. The Morgan fingerprint density at radius 1 is 1.25 bits per heavy atom. The topological polar surface area (TPSA) is 98.0 Å². The fraction of sp³-hybridized carbons (Fsp3) is 0.375. The van der Waals surface area contributed by atoms with Gasteiger partial charge in [-0.15, -0.1) is 22.0 Å². The van der Waals surface area contributed by atoms with Crippen LogP contribution in [0.2, 0.25) is 0 Å². The van der Waals surface area contributed by atoms with Crippen LogP contribution in [0, 0.1) is 0 Å². The van der Waals surface area contributed by atoms with Crippen molar-refractivity contribution < 1.29 is 9.59 Å². The molecule has 0 unspecified atom stereocenters. The van der Waals surface area contributed by atoms with Gasteiger partial charge in [0.2, 0.25) is 11.0 Å². The zero-order valence-corrected chi connectivity index (χ0v) is 15.1. The van der Waals surface area contributed by atoms with E-state index in [1.54, 1.807) is 18.2 Å². The molecule has 1 aromatic heterocycles. The molecule has 0 saturated carbocycles. The number of thioether (sulfide) groups is 1. The van der Waals surface area contributed by atoms with Crippen LogP contribution in [0.15, 0.2) is 29.2 Å². The van der Waals surface area contributed by atoms with Crippen molar-refractivity contribution in [1.29, 1.82) is 0 Å². The van der Waals surface area contributed by atoms with Crippen LogP contribution in [0.1, 0.15) is 41.6 Å². The van der Waals surface area contributed by atoms with Gasteiger partial charge >= 0.3 is 0 Å². The number of hydrogen-bond donors (Lipinski definition) is 2. The molecule has 0 aliphatic rings. The molecule has 24 heavy (non-hydrogen) atoms. The summed E-state index contributed by atoms with van der Waals surface area (Å²) in [4.78, 5) is 24.1. The first-order chi connectivity index (χ1) is 11.6. The highest BCUT2D eigenvalue weighted by atomic mass is 32.2. The zero-order valence-electron chi connectivity index (χ0n) is 13.4. The Hall–Kier alpha value is -1.93. The number of nitrogens with zero attached hydrogens (tertiary/aromatic N) is 2. The van der Waals surface area contributed by atoms with Gasteiger partial charge < -0.3 is 5.73 Å². The van der Waals surface area contributed by atoms with Gasteiger partial charge in [0, 0.05) is 11.3 Å². The van der Waals surface area contributed by atoms with Crippen LogP contribution in [0.25, 0.3) is 0 Å². The molecule has 6 nitrogen and oxygen atoms in total. The van der Waals surface area contributed by atoms with E-state index in [2.05, 4.69) is 22.4 Å². The van der Waals surface area contributed by atoms with E-state index >= 15 is 0 Å². The van der Waals surface area contributed by atoms with Crippen LogP contribution in [-0.4, -0.2) is 27.8 Å². The highest BCUT2D eigenvalue weighted by Gasteiger charge is 2.14. The van der Waals surface area contributed by atoms with Gasteiger partial charge in [-0.25, -0.2) is 0 Å². The molecule has 2 aromatic rings. The average molecular weight is 364 g/mol. The van der Waals surface area contributed by atoms with Gasteiger partial charge in [0.1, 0.15) is 5.01 Å². The summed E-state index contributed by atoms with van der Waals surface area (Å²) in [6.45, 7) is 2.15. The number of primary amides is 1. The van der Waals surface area contributed by atoms with Crippen LogP contribution in [-0.2, 0) is 11.2 Å². The van der Waals surface area contributed by atoms with E-state index in [1.165, 1.54) is 23.1 Å². The summed E-state index contributed by atoms with van der Waals surface area (Å²) in [5.74, 6) is -0.556. The summed E-state index contributed by atoms with van der Waals surface area (Å²) in [5.41, 5.74) is 5.66. The van der Waals surface area contributed by atoms with Gasteiger partial charge in [-0.3, -0.25) is 14.9 Å². The third kappa shape index (κ3) is 5.61. The molecular weight excluding hydrogens is 344 g/mol. The lowest BCUT2D eigenvalue weighted by atomic mass is 10.2. The fourth-order valence-electron chi connectivity index (χ4n) is 2.02. The molecule has 3 N–H and O–H groups in total. The largest absolute Gasteiger partial charge is 0.369 e. The van der Waals surface area contributed by atoms with Gasteiger partial charge in [0.05, 0.1) is 11.3 Å². The first-order valence-electron chi connectivity index (χ1n) is 7.74. The number of nitrogens with two attached hydrogens (primary N) is 1. The van der Waals surface area contributed by atoms with Gasteiger partial charge in [-0.2, -0.15) is 0 Å². The Morgan fingerprint density at radius 3 is 2.79 bits per heavy atom. The number of carbonyl (C=O) groups is 2. The molecule has 0 spiro atoms. The van der Waals surface area contributed by atoms with Crippen LogP contribution in [0.5, 0.6) is 0 Å². The highest BCUT2D eigenvalue weighted by Crippen LogP contribution is 2.24. The third-order valence-corrected chi connectivity index (χ3v) is 5.18. The van der Waals surface area contributed by atoms with E-state index in [4.69, 9.17) is 5.73 Å². The molecular formula is C16H20N4O2S2. The number of anilines is 1. The number of unbranched alkanes of at least 4 members (excludes halogenated alkanes) is 2. The zero-order chi connectivity index (χ0) is 17.4. The molecule has 0 aliphatic carbocycles. The molecule has 1 heterocycles. The van der Waals surface area contributed by atoms with Crippen molar-refractivity contribution in [2.45, 2.75) is 37.5 Å². The van der Waals surface area contributed by atoms with E-state index in [0.717, 1.165) is 30.7 Å². The summed E-state index contributed by atoms with van der Waals surface area (Å²) in [7, 11) is 0. The standard InChI is InChI=1S/C16H20N4O2S2/c1-2-3-4-9-14-19-20-16(24-14)18-15(22)11-7-5-6-8-12(11)23-10-13(17)21/h5-8H,2-4,9-10H2,1H3,(H2,17,21)(H,18,20,22). The van der Waals surface area contributed by atoms with Crippen molar-refractivity contribution in [3.05, 3.63) is 34.8 Å². The molecule has 128 valence electrons. The number of benzene rings is 1. The molecule has 2 amide bonds. The smallest absolute Gasteiger partial charge is 0.258 e. The van der Waals surface area contributed by atoms with E-state index in [1.807, 2.05) is 6.07 Å². The Bertz CT molecular complexity index is 703. The molecule has 0 aliphatic heterocycles. The first-order valence-corrected chi connectivity index (χ1v) is 9.54. The maximum Gasteiger partial charge on any atom is 0.258 e. The van der Waals surface area contributed by atoms with E-state index in [-0.39, 0.29) is 11.7 Å². The van der Waals surface area contributed by atoms with Crippen LogP contribution >= 0.6 is 23.1 Å². The predicted molar refractivity (Wildman–Crippen MR) is 97.5 cm³/mol. The minimum absolute atomic E-state index is 0.130. The number of amides is 2. The van der Waals surface area contributed by atoms with Crippen LogP contribution in [0.3, 0.4) is 0 Å². The van der Waals surface area contributed by atoms with Gasteiger partial charge in [0.25, 0.3) is 5.91 Å². The lowest BCUT2D eigenvalue weighted by Gasteiger charge is -2.07. The number of nitrogens with one attached hydrogen (secondary N) is 1. The molecule has 8 heteroatoms. The molecule has 0 fully saturated rings. The second-order valence-corrected chi connectivity index (χ2v) is 7.24. The van der Waals surface area contributed by atoms with Gasteiger partial charge in [-0.05, 0) is 18.6 Å². The Kier molecular flexibility index (Phi) is 7.20. The summed E-state index contributed by atoms with van der Waals surface area (Å²) in [6, 6.07) is 7.09. The molecule has 0 saturated heterocycles. The summed E-state index contributed by atoms with van der Waals surface area (Å²) < 4.78 is 0. The fourth-order valence-corrected chi connectivity index (χ4v) is 3.59. The van der Waals surface area contributed by atoms with Crippen molar-refractivity contribution >= 4 is 40.0 Å². The van der Waals surface area contributed by atoms with Crippen molar-refractivity contribution in [1.82, 2.24) is 10.2 Å². The molecule has 0 radical (unpaired) electrons.